The number of thioether (sulfide) groups is 1. The first-order valence-corrected chi connectivity index (χ1v) is 7.50. The van der Waals surface area contributed by atoms with Crippen LogP contribution in [0.3, 0.4) is 0 Å². The summed E-state index contributed by atoms with van der Waals surface area (Å²) in [5.41, 5.74) is 0. The Bertz CT molecular complexity index is 241. The van der Waals surface area contributed by atoms with Gasteiger partial charge in [0.2, 0.25) is 5.91 Å². The average molecular weight is 242 g/mol. The minimum atomic E-state index is 0.106. The van der Waals surface area contributed by atoms with E-state index in [1.807, 2.05) is 11.8 Å². The molecule has 0 aromatic heterocycles. The van der Waals surface area contributed by atoms with Crippen LogP contribution >= 0.6 is 11.8 Å². The molecule has 0 bridgehead atoms. The van der Waals surface area contributed by atoms with Crippen LogP contribution in [0.1, 0.15) is 32.6 Å². The number of rotatable bonds is 2. The van der Waals surface area contributed by atoms with Crippen molar-refractivity contribution in [1.82, 2.24) is 10.2 Å². The van der Waals surface area contributed by atoms with Crippen LogP contribution in [0.2, 0.25) is 0 Å². The van der Waals surface area contributed by atoms with Crippen molar-refractivity contribution in [3.8, 4) is 0 Å². The van der Waals surface area contributed by atoms with Crippen molar-refractivity contribution in [2.24, 2.45) is 0 Å². The van der Waals surface area contributed by atoms with Crippen LogP contribution in [0, 0.1) is 0 Å². The molecule has 2 fully saturated rings. The summed E-state index contributed by atoms with van der Waals surface area (Å²) in [5.74, 6) is 1.45. The zero-order chi connectivity index (χ0) is 11.4. The third-order valence-electron chi connectivity index (χ3n) is 3.51. The molecule has 2 aliphatic rings. The van der Waals surface area contributed by atoms with Gasteiger partial charge in [0.25, 0.3) is 0 Å². The molecule has 0 aromatic carbocycles. The van der Waals surface area contributed by atoms with E-state index >= 15 is 0 Å². The Morgan fingerprint density at radius 3 is 3.06 bits per heavy atom. The Balaban J connectivity index is 1.87. The summed E-state index contributed by atoms with van der Waals surface area (Å²) in [7, 11) is 0. The minimum absolute atomic E-state index is 0.106. The van der Waals surface area contributed by atoms with Crippen LogP contribution in [0.4, 0.5) is 0 Å². The Hall–Kier alpha value is -0.220. The van der Waals surface area contributed by atoms with Crippen LogP contribution in [-0.4, -0.2) is 47.5 Å². The Morgan fingerprint density at radius 1 is 1.50 bits per heavy atom. The molecular weight excluding hydrogens is 220 g/mol. The maximum Gasteiger partial charge on any atom is 0.239 e. The molecule has 2 atom stereocenters. The second-order valence-corrected chi connectivity index (χ2v) is 6.10. The molecule has 0 aromatic rings. The van der Waals surface area contributed by atoms with Crippen LogP contribution < -0.4 is 5.32 Å². The van der Waals surface area contributed by atoms with E-state index in [1.54, 1.807) is 0 Å². The van der Waals surface area contributed by atoms with Gasteiger partial charge in [0, 0.05) is 24.1 Å². The van der Waals surface area contributed by atoms with Crippen molar-refractivity contribution < 1.29 is 4.79 Å². The summed E-state index contributed by atoms with van der Waals surface area (Å²) in [6, 6.07) is 0.106. The summed E-state index contributed by atoms with van der Waals surface area (Å²) in [6.07, 6.45) is 4.62. The lowest BCUT2D eigenvalue weighted by molar-refractivity contribution is -0.133. The molecule has 0 aliphatic carbocycles. The molecule has 1 N–H and O–H groups in total. The van der Waals surface area contributed by atoms with Gasteiger partial charge in [0.05, 0.1) is 6.04 Å². The standard InChI is InChI=1S/C12H22N2OS/c1-2-10-9-14(7-8-16-10)12(15)11-5-3-4-6-13-11/h10-11,13H,2-9H2,1H3/t10?,11-/m1/s1. The van der Waals surface area contributed by atoms with E-state index in [4.69, 9.17) is 0 Å². The van der Waals surface area contributed by atoms with Gasteiger partial charge in [-0.2, -0.15) is 11.8 Å². The lowest BCUT2D eigenvalue weighted by Crippen LogP contribution is -2.52. The van der Waals surface area contributed by atoms with E-state index in [2.05, 4.69) is 17.1 Å². The largest absolute Gasteiger partial charge is 0.339 e. The van der Waals surface area contributed by atoms with E-state index < -0.39 is 0 Å². The van der Waals surface area contributed by atoms with Crippen molar-refractivity contribution >= 4 is 17.7 Å². The van der Waals surface area contributed by atoms with Crippen LogP contribution in [0.5, 0.6) is 0 Å². The highest BCUT2D eigenvalue weighted by atomic mass is 32.2. The SMILES string of the molecule is CCC1CN(C(=O)[C@H]2CCCCN2)CCS1. The van der Waals surface area contributed by atoms with Gasteiger partial charge in [-0.25, -0.2) is 0 Å². The normalized spacial score (nSPS) is 31.4. The third-order valence-corrected chi connectivity index (χ3v) is 4.89. The van der Waals surface area contributed by atoms with Crippen molar-refractivity contribution in [3.63, 3.8) is 0 Å². The fourth-order valence-corrected chi connectivity index (χ4v) is 3.63. The number of hydrogen-bond donors (Lipinski definition) is 1. The summed E-state index contributed by atoms with van der Waals surface area (Å²) >= 11 is 2.02. The molecule has 2 rings (SSSR count). The Labute approximate surface area is 102 Å². The molecule has 0 spiro atoms. The third kappa shape index (κ3) is 2.92. The van der Waals surface area contributed by atoms with E-state index in [0.29, 0.717) is 11.2 Å². The summed E-state index contributed by atoms with van der Waals surface area (Å²) in [5, 5.41) is 4.00. The van der Waals surface area contributed by atoms with Gasteiger partial charge in [-0.3, -0.25) is 4.79 Å². The van der Waals surface area contributed by atoms with E-state index in [9.17, 15) is 4.79 Å². The number of carbonyl (C=O) groups is 1. The fraction of sp³-hybridized carbons (Fsp3) is 0.917. The van der Waals surface area contributed by atoms with Gasteiger partial charge < -0.3 is 10.2 Å². The molecule has 4 heteroatoms. The summed E-state index contributed by atoms with van der Waals surface area (Å²) in [4.78, 5) is 14.3. The van der Waals surface area contributed by atoms with Crippen LogP contribution in [0.25, 0.3) is 0 Å². The second kappa shape index (κ2) is 5.92. The first-order valence-electron chi connectivity index (χ1n) is 6.45. The lowest BCUT2D eigenvalue weighted by Gasteiger charge is -2.35. The minimum Gasteiger partial charge on any atom is -0.339 e. The van der Waals surface area contributed by atoms with Crippen molar-refractivity contribution in [1.29, 1.82) is 0 Å². The monoisotopic (exact) mass is 242 g/mol. The molecule has 0 radical (unpaired) electrons. The molecule has 2 heterocycles. The number of piperidine rings is 1. The number of carbonyl (C=O) groups excluding carboxylic acids is 1. The van der Waals surface area contributed by atoms with Crippen molar-refractivity contribution in [2.45, 2.75) is 43.9 Å². The topological polar surface area (TPSA) is 32.3 Å². The van der Waals surface area contributed by atoms with Gasteiger partial charge >= 0.3 is 0 Å². The predicted molar refractivity (Wildman–Crippen MR) is 68.8 cm³/mol. The van der Waals surface area contributed by atoms with E-state index in [-0.39, 0.29) is 6.04 Å². The maximum atomic E-state index is 12.3. The maximum absolute atomic E-state index is 12.3. The Morgan fingerprint density at radius 2 is 2.38 bits per heavy atom. The van der Waals surface area contributed by atoms with E-state index in [0.717, 1.165) is 31.8 Å². The molecule has 1 unspecified atom stereocenters. The van der Waals surface area contributed by atoms with E-state index in [1.165, 1.54) is 19.3 Å². The molecule has 0 saturated carbocycles. The highest BCUT2D eigenvalue weighted by molar-refractivity contribution is 8.00. The lowest BCUT2D eigenvalue weighted by atomic mass is 10.0. The first kappa shape index (κ1) is 12.2. The molecule has 92 valence electrons. The van der Waals surface area contributed by atoms with Crippen LogP contribution in [-0.2, 0) is 4.79 Å². The fourth-order valence-electron chi connectivity index (χ4n) is 2.45. The van der Waals surface area contributed by atoms with Gasteiger partial charge in [-0.15, -0.1) is 0 Å². The summed E-state index contributed by atoms with van der Waals surface area (Å²) in [6.45, 7) is 5.12. The summed E-state index contributed by atoms with van der Waals surface area (Å²) < 4.78 is 0. The smallest absolute Gasteiger partial charge is 0.239 e. The molecule has 16 heavy (non-hydrogen) atoms. The first-order chi connectivity index (χ1) is 7.81. The average Bonchev–Trinajstić information content (AvgIpc) is 2.39. The predicted octanol–water partition coefficient (Wildman–Crippen LogP) is 1.48. The van der Waals surface area contributed by atoms with Gasteiger partial charge in [-0.1, -0.05) is 13.3 Å². The van der Waals surface area contributed by atoms with Crippen LogP contribution in [0.15, 0.2) is 0 Å². The molecule has 2 aliphatic heterocycles. The molecule has 1 amide bonds. The highest BCUT2D eigenvalue weighted by Crippen LogP contribution is 2.22. The highest BCUT2D eigenvalue weighted by Gasteiger charge is 2.29. The van der Waals surface area contributed by atoms with Gasteiger partial charge in [0.1, 0.15) is 0 Å². The quantitative estimate of drug-likeness (QED) is 0.796. The molecular formula is C12H22N2OS. The Kier molecular flexibility index (Phi) is 4.53. The second-order valence-electron chi connectivity index (χ2n) is 4.69. The van der Waals surface area contributed by atoms with Crippen molar-refractivity contribution in [3.05, 3.63) is 0 Å². The molecule has 2 saturated heterocycles. The number of hydrogen-bond acceptors (Lipinski definition) is 3. The van der Waals surface area contributed by atoms with Gasteiger partial charge in [-0.05, 0) is 25.8 Å². The number of amides is 1. The zero-order valence-corrected chi connectivity index (χ0v) is 10.9. The van der Waals surface area contributed by atoms with Gasteiger partial charge in [0.15, 0.2) is 0 Å². The number of nitrogens with zero attached hydrogens (tertiary/aromatic N) is 1. The number of nitrogens with one attached hydrogen (secondary N) is 1. The molecule has 3 nitrogen and oxygen atoms in total. The zero-order valence-electron chi connectivity index (χ0n) is 10.1. The van der Waals surface area contributed by atoms with Crippen molar-refractivity contribution in [2.75, 3.05) is 25.4 Å².